The third-order valence-electron chi connectivity index (χ3n) is 4.76. The molecule has 3 heteroatoms. The van der Waals surface area contributed by atoms with Crippen molar-refractivity contribution >= 4 is 5.91 Å². The van der Waals surface area contributed by atoms with Crippen LogP contribution in [-0.4, -0.2) is 17.4 Å². The Bertz CT molecular complexity index is 735. The van der Waals surface area contributed by atoms with Crippen LogP contribution in [0, 0.1) is 0 Å². The Morgan fingerprint density at radius 3 is 1.90 bits per heavy atom. The van der Waals surface area contributed by atoms with Gasteiger partial charge in [0.2, 0.25) is 0 Å². The smallest absolute Gasteiger partial charge is 0.270 e. The first-order valence-electron chi connectivity index (χ1n) is 10.7. The highest BCUT2D eigenvalue weighted by atomic mass is 16.1. The minimum atomic E-state index is -0.130. The van der Waals surface area contributed by atoms with Crippen molar-refractivity contribution in [3.63, 3.8) is 0 Å². The van der Waals surface area contributed by atoms with Gasteiger partial charge in [-0.2, -0.15) is 0 Å². The van der Waals surface area contributed by atoms with Gasteiger partial charge in [0.1, 0.15) is 5.69 Å². The molecule has 1 rings (SSSR count). The molecule has 0 atom stereocenters. The number of rotatable bonds is 12. The molecule has 0 unspecified atom stereocenters. The molecule has 3 nitrogen and oxygen atoms in total. The van der Waals surface area contributed by atoms with Gasteiger partial charge in [-0.25, -0.2) is 0 Å². The van der Waals surface area contributed by atoms with E-state index in [0.717, 1.165) is 38.5 Å². The molecular weight excluding hydrogens is 356 g/mol. The SMILES string of the molecule is CC(C)=CCC/C(C)=C/CC/C(C)=C/CC/C(C)=C/CNC(=O)c1ccccn1. The van der Waals surface area contributed by atoms with Crippen LogP contribution in [-0.2, 0) is 0 Å². The third kappa shape index (κ3) is 12.6. The average Bonchev–Trinajstić information content (AvgIpc) is 2.68. The van der Waals surface area contributed by atoms with E-state index in [4.69, 9.17) is 0 Å². The Labute approximate surface area is 177 Å². The number of hydrogen-bond donors (Lipinski definition) is 1. The molecule has 158 valence electrons. The van der Waals surface area contributed by atoms with E-state index in [0.29, 0.717) is 12.2 Å². The topological polar surface area (TPSA) is 42.0 Å². The maximum Gasteiger partial charge on any atom is 0.270 e. The highest BCUT2D eigenvalue weighted by Gasteiger charge is 2.03. The Morgan fingerprint density at radius 2 is 1.38 bits per heavy atom. The van der Waals surface area contributed by atoms with Crippen LogP contribution in [0.5, 0.6) is 0 Å². The molecular formula is C26H38N2O. The van der Waals surface area contributed by atoms with Gasteiger partial charge in [0.05, 0.1) is 0 Å². The Kier molecular flexibility index (Phi) is 12.4. The van der Waals surface area contributed by atoms with Gasteiger partial charge in [0.25, 0.3) is 5.91 Å². The molecule has 29 heavy (non-hydrogen) atoms. The van der Waals surface area contributed by atoms with Crippen molar-refractivity contribution in [3.05, 3.63) is 76.7 Å². The molecule has 0 aliphatic heterocycles. The zero-order valence-corrected chi connectivity index (χ0v) is 18.9. The van der Waals surface area contributed by atoms with Crippen molar-refractivity contribution in [3.8, 4) is 0 Å². The van der Waals surface area contributed by atoms with E-state index in [9.17, 15) is 4.79 Å². The van der Waals surface area contributed by atoms with Gasteiger partial charge in [-0.3, -0.25) is 9.78 Å². The first-order chi connectivity index (χ1) is 13.9. The maximum absolute atomic E-state index is 11.9. The number of hydrogen-bond acceptors (Lipinski definition) is 2. The number of nitrogens with zero attached hydrogens (tertiary/aromatic N) is 1. The molecule has 0 saturated heterocycles. The number of carbonyl (C=O) groups excluding carboxylic acids is 1. The van der Waals surface area contributed by atoms with Crippen molar-refractivity contribution in [2.24, 2.45) is 0 Å². The second kappa shape index (κ2) is 14.6. The predicted molar refractivity (Wildman–Crippen MR) is 125 cm³/mol. The predicted octanol–water partition coefficient (Wildman–Crippen LogP) is 6.96. The van der Waals surface area contributed by atoms with Crippen LogP contribution in [0.25, 0.3) is 0 Å². The molecule has 0 fully saturated rings. The summed E-state index contributed by atoms with van der Waals surface area (Å²) in [6, 6.07) is 5.35. The molecule has 1 aromatic rings. The molecule has 0 saturated carbocycles. The van der Waals surface area contributed by atoms with Gasteiger partial charge in [0, 0.05) is 12.7 Å². The van der Waals surface area contributed by atoms with E-state index in [2.05, 4.69) is 69.2 Å². The maximum atomic E-state index is 11.9. The van der Waals surface area contributed by atoms with E-state index in [-0.39, 0.29) is 5.91 Å². The van der Waals surface area contributed by atoms with Crippen molar-refractivity contribution in [2.45, 2.75) is 73.1 Å². The molecule has 1 heterocycles. The summed E-state index contributed by atoms with van der Waals surface area (Å²) in [5, 5.41) is 2.88. The largest absolute Gasteiger partial charge is 0.347 e. The molecule has 0 bridgehead atoms. The van der Waals surface area contributed by atoms with Crippen LogP contribution < -0.4 is 5.32 Å². The Morgan fingerprint density at radius 1 is 0.828 bits per heavy atom. The number of pyridine rings is 1. The summed E-state index contributed by atoms with van der Waals surface area (Å²) < 4.78 is 0. The van der Waals surface area contributed by atoms with Crippen molar-refractivity contribution < 1.29 is 4.79 Å². The fourth-order valence-electron chi connectivity index (χ4n) is 2.89. The molecule has 1 aromatic heterocycles. The first-order valence-corrected chi connectivity index (χ1v) is 10.7. The van der Waals surface area contributed by atoms with Gasteiger partial charge in [-0.1, -0.05) is 52.7 Å². The van der Waals surface area contributed by atoms with Gasteiger partial charge < -0.3 is 5.32 Å². The fourth-order valence-corrected chi connectivity index (χ4v) is 2.89. The molecule has 0 spiro atoms. The van der Waals surface area contributed by atoms with Crippen LogP contribution in [0.2, 0.25) is 0 Å². The average molecular weight is 395 g/mol. The summed E-state index contributed by atoms with van der Waals surface area (Å²) >= 11 is 0. The second-order valence-electron chi connectivity index (χ2n) is 7.97. The highest BCUT2D eigenvalue weighted by Crippen LogP contribution is 2.13. The lowest BCUT2D eigenvalue weighted by Gasteiger charge is -2.04. The summed E-state index contributed by atoms with van der Waals surface area (Å²) in [6.45, 7) is 11.4. The molecule has 1 amide bonds. The minimum absolute atomic E-state index is 0.130. The molecule has 0 aromatic carbocycles. The van der Waals surface area contributed by atoms with Crippen LogP contribution in [0.4, 0.5) is 0 Å². The zero-order valence-electron chi connectivity index (χ0n) is 18.9. The van der Waals surface area contributed by atoms with Crippen LogP contribution >= 0.6 is 0 Å². The lowest BCUT2D eigenvalue weighted by Crippen LogP contribution is -2.24. The van der Waals surface area contributed by atoms with Crippen LogP contribution in [0.3, 0.4) is 0 Å². The number of aromatic nitrogens is 1. The van der Waals surface area contributed by atoms with E-state index in [1.807, 2.05) is 6.07 Å². The van der Waals surface area contributed by atoms with E-state index < -0.39 is 0 Å². The molecule has 0 aliphatic rings. The van der Waals surface area contributed by atoms with Gasteiger partial charge in [-0.05, 0) is 85.3 Å². The Balaban J connectivity index is 2.24. The van der Waals surface area contributed by atoms with E-state index >= 15 is 0 Å². The molecule has 0 radical (unpaired) electrons. The van der Waals surface area contributed by atoms with Crippen molar-refractivity contribution in [1.82, 2.24) is 10.3 Å². The summed E-state index contributed by atoms with van der Waals surface area (Å²) in [5.41, 5.74) is 6.09. The number of carbonyl (C=O) groups is 1. The summed E-state index contributed by atoms with van der Waals surface area (Å²) in [6.07, 6.45) is 17.4. The lowest BCUT2D eigenvalue weighted by molar-refractivity contribution is 0.0953. The van der Waals surface area contributed by atoms with Crippen LogP contribution in [0.1, 0.15) is 83.6 Å². The van der Waals surface area contributed by atoms with Gasteiger partial charge >= 0.3 is 0 Å². The number of allylic oxidation sites excluding steroid dienone is 7. The molecule has 0 aliphatic carbocycles. The van der Waals surface area contributed by atoms with Crippen molar-refractivity contribution in [1.29, 1.82) is 0 Å². The third-order valence-corrected chi connectivity index (χ3v) is 4.76. The first kappa shape index (κ1) is 24.6. The highest BCUT2D eigenvalue weighted by molar-refractivity contribution is 5.92. The fraction of sp³-hybridized carbons (Fsp3) is 0.462. The monoisotopic (exact) mass is 394 g/mol. The normalized spacial score (nSPS) is 12.7. The Hall–Kier alpha value is -2.42. The van der Waals surface area contributed by atoms with Crippen LogP contribution in [0.15, 0.2) is 71.0 Å². The quantitative estimate of drug-likeness (QED) is 0.389. The van der Waals surface area contributed by atoms with E-state index in [1.165, 1.54) is 22.3 Å². The summed E-state index contributed by atoms with van der Waals surface area (Å²) in [7, 11) is 0. The van der Waals surface area contributed by atoms with Gasteiger partial charge in [-0.15, -0.1) is 0 Å². The lowest BCUT2D eigenvalue weighted by atomic mass is 10.0. The number of amides is 1. The molecule has 1 N–H and O–H groups in total. The standard InChI is InChI=1S/C26H38N2O/c1-21(2)11-8-12-22(3)13-9-14-23(4)15-10-16-24(5)18-20-28-26(29)25-17-6-7-19-27-25/h6-7,11,13,15,17-19H,8-10,12,14,16,20H2,1-5H3,(H,28,29)/b22-13+,23-15+,24-18+. The van der Waals surface area contributed by atoms with Gasteiger partial charge in [0.15, 0.2) is 0 Å². The summed E-state index contributed by atoms with van der Waals surface area (Å²) in [4.78, 5) is 16.0. The second-order valence-corrected chi connectivity index (χ2v) is 7.97. The van der Waals surface area contributed by atoms with E-state index in [1.54, 1.807) is 18.3 Å². The zero-order chi connectivity index (χ0) is 21.5. The summed E-state index contributed by atoms with van der Waals surface area (Å²) in [5.74, 6) is -0.130. The number of nitrogens with one attached hydrogen (secondary N) is 1. The van der Waals surface area contributed by atoms with Crippen molar-refractivity contribution in [2.75, 3.05) is 6.54 Å². The minimum Gasteiger partial charge on any atom is -0.347 e.